The fraction of sp³-hybridized carbons (Fsp3) is 0.300. The molecule has 2 heterocycles. The number of hydrogen-bond acceptors (Lipinski definition) is 5. The molecule has 0 atom stereocenters. The van der Waals surface area contributed by atoms with E-state index in [1.807, 2.05) is 21.2 Å². The highest BCUT2D eigenvalue weighted by Gasteiger charge is 2.18. The summed E-state index contributed by atoms with van der Waals surface area (Å²) in [5, 5.41) is 0.323. The first-order valence-electron chi connectivity index (χ1n) is 4.99. The minimum atomic E-state index is -0.237. The van der Waals surface area contributed by atoms with Gasteiger partial charge in [0, 0.05) is 35.3 Å². The summed E-state index contributed by atoms with van der Waals surface area (Å²) in [7, 11) is 4.25. The van der Waals surface area contributed by atoms with Gasteiger partial charge in [-0.05, 0) is 6.92 Å². The minimum Gasteiger partial charge on any atom is -0.414 e. The van der Waals surface area contributed by atoms with Crippen molar-refractivity contribution in [2.24, 2.45) is 14.1 Å². The van der Waals surface area contributed by atoms with E-state index in [4.69, 9.17) is 4.18 Å². The number of pyridine rings is 1. The van der Waals surface area contributed by atoms with Gasteiger partial charge in [0.2, 0.25) is 0 Å². The molecule has 0 aromatic carbocycles. The molecule has 96 valence electrons. The first-order valence-corrected chi connectivity index (χ1v) is 8.27. The number of nitrogens with zero attached hydrogens (tertiary/aromatic N) is 3. The molecule has 18 heavy (non-hydrogen) atoms. The van der Waals surface area contributed by atoms with E-state index in [1.54, 1.807) is 21.0 Å². The Bertz CT molecular complexity index is 738. The van der Waals surface area contributed by atoms with Gasteiger partial charge in [0.15, 0.2) is 11.4 Å². The van der Waals surface area contributed by atoms with Gasteiger partial charge in [-0.15, -0.1) is 0 Å². The van der Waals surface area contributed by atoms with Crippen LogP contribution in [0.2, 0.25) is 0 Å². The second-order valence-electron chi connectivity index (χ2n) is 3.82. The van der Waals surface area contributed by atoms with Crippen LogP contribution >= 0.6 is 30.4 Å². The Morgan fingerprint density at radius 2 is 2.00 bits per heavy atom. The van der Waals surface area contributed by atoms with Crippen molar-refractivity contribution in [3.05, 3.63) is 32.6 Å². The number of hydrogen-bond donors (Lipinski definition) is 0. The van der Waals surface area contributed by atoms with Crippen molar-refractivity contribution in [1.82, 2.24) is 14.1 Å². The molecule has 0 saturated heterocycles. The van der Waals surface area contributed by atoms with Crippen LogP contribution in [0.15, 0.2) is 15.9 Å². The highest BCUT2D eigenvalue weighted by atomic mass is 127. The molecule has 0 fully saturated rings. The smallest absolute Gasteiger partial charge is 0.266 e. The molecule has 0 aliphatic rings. The van der Waals surface area contributed by atoms with Gasteiger partial charge >= 0.3 is 0 Å². The average molecular weight is 379 g/mol. The zero-order chi connectivity index (χ0) is 13.4. The van der Waals surface area contributed by atoms with E-state index in [-0.39, 0.29) is 11.1 Å². The topological polar surface area (TPSA) is 66.1 Å². The Kier molecular flexibility index (Phi) is 3.66. The predicted octanol–water partition coefficient (Wildman–Crippen LogP) is 1.32. The summed E-state index contributed by atoms with van der Waals surface area (Å²) >= 11 is 1.94. The van der Waals surface area contributed by atoms with E-state index < -0.39 is 0 Å². The SMILES string of the molecule is Cc1c(OSI)c2c(=O)n(C)cnc2n(C)c1=O. The maximum absolute atomic E-state index is 12.2. The molecule has 0 saturated carbocycles. The van der Waals surface area contributed by atoms with Gasteiger partial charge in [0.05, 0.1) is 11.9 Å². The zero-order valence-corrected chi connectivity index (χ0v) is 12.9. The van der Waals surface area contributed by atoms with Crippen LogP contribution in [0, 0.1) is 6.92 Å². The second-order valence-corrected chi connectivity index (χ2v) is 5.20. The van der Waals surface area contributed by atoms with Crippen molar-refractivity contribution in [1.29, 1.82) is 0 Å². The number of aryl methyl sites for hydroxylation is 2. The lowest BCUT2D eigenvalue weighted by Gasteiger charge is -2.11. The lowest BCUT2D eigenvalue weighted by Crippen LogP contribution is -2.26. The van der Waals surface area contributed by atoms with Gasteiger partial charge in [0.1, 0.15) is 14.6 Å². The molecule has 2 aromatic heterocycles. The molecule has 6 nitrogen and oxygen atoms in total. The molecular formula is C10H10IN3O3S. The number of aromatic nitrogens is 3. The van der Waals surface area contributed by atoms with Crippen LogP contribution in [0.25, 0.3) is 11.0 Å². The van der Waals surface area contributed by atoms with Crippen molar-refractivity contribution >= 4 is 41.5 Å². The molecule has 0 aliphatic heterocycles. The normalized spacial score (nSPS) is 10.9. The van der Waals surface area contributed by atoms with Crippen molar-refractivity contribution in [2.45, 2.75) is 6.92 Å². The Balaban J connectivity index is 3.09. The van der Waals surface area contributed by atoms with Crippen LogP contribution in [0.5, 0.6) is 5.75 Å². The van der Waals surface area contributed by atoms with Gasteiger partial charge < -0.3 is 8.75 Å². The molecular weight excluding hydrogens is 369 g/mol. The van der Waals surface area contributed by atoms with Crippen molar-refractivity contribution in [3.63, 3.8) is 0 Å². The van der Waals surface area contributed by atoms with Crippen LogP contribution in [0.3, 0.4) is 0 Å². The molecule has 0 amide bonds. The maximum Gasteiger partial charge on any atom is 0.266 e. The third kappa shape index (κ3) is 1.92. The molecule has 0 spiro atoms. The van der Waals surface area contributed by atoms with Gasteiger partial charge in [-0.1, -0.05) is 0 Å². The molecule has 0 radical (unpaired) electrons. The quantitative estimate of drug-likeness (QED) is 0.582. The van der Waals surface area contributed by atoms with Crippen molar-refractivity contribution in [3.8, 4) is 5.75 Å². The third-order valence-corrected chi connectivity index (χ3v) is 3.51. The summed E-state index contributed by atoms with van der Waals surface area (Å²) in [5.74, 6) is 0.293. The Morgan fingerprint density at radius 1 is 1.33 bits per heavy atom. The molecule has 0 aliphatic carbocycles. The molecule has 2 rings (SSSR count). The van der Waals surface area contributed by atoms with Crippen LogP contribution in [-0.4, -0.2) is 14.1 Å². The number of rotatable bonds is 2. The van der Waals surface area contributed by atoms with E-state index in [0.29, 0.717) is 22.3 Å². The lowest BCUT2D eigenvalue weighted by atomic mass is 10.2. The van der Waals surface area contributed by atoms with Crippen LogP contribution in [-0.2, 0) is 14.1 Å². The molecule has 8 heteroatoms. The largest absolute Gasteiger partial charge is 0.414 e. The first-order chi connectivity index (χ1) is 8.49. The van der Waals surface area contributed by atoms with E-state index in [1.165, 1.54) is 15.5 Å². The minimum absolute atomic E-state index is 0.219. The summed E-state index contributed by atoms with van der Waals surface area (Å²) < 4.78 is 8.07. The van der Waals surface area contributed by atoms with Gasteiger partial charge in [-0.25, -0.2) is 4.98 Å². The van der Waals surface area contributed by atoms with Crippen LogP contribution < -0.4 is 15.3 Å². The number of halogens is 1. The van der Waals surface area contributed by atoms with E-state index >= 15 is 0 Å². The summed E-state index contributed by atoms with van der Waals surface area (Å²) in [6.07, 6.45) is 1.39. The van der Waals surface area contributed by atoms with E-state index in [0.717, 1.165) is 9.21 Å². The third-order valence-electron chi connectivity index (χ3n) is 2.74. The molecule has 0 N–H and O–H groups in total. The fourth-order valence-corrected chi connectivity index (χ4v) is 2.56. The Morgan fingerprint density at radius 3 is 2.61 bits per heavy atom. The summed E-state index contributed by atoms with van der Waals surface area (Å²) in [6, 6.07) is 0. The standard InChI is InChI=1S/C10H10IN3O3S/c1-5-7(17-18-11)6-8(14(3)9(5)15)12-4-13(2)10(6)16/h4H,1-3H3. The monoisotopic (exact) mass is 379 g/mol. The Labute approximate surface area is 119 Å². The highest BCUT2D eigenvalue weighted by molar-refractivity contribution is 14.2. The lowest BCUT2D eigenvalue weighted by molar-refractivity contribution is 0.647. The average Bonchev–Trinajstić information content (AvgIpc) is 2.35. The van der Waals surface area contributed by atoms with Crippen LogP contribution in [0.4, 0.5) is 0 Å². The summed E-state index contributed by atoms with van der Waals surface area (Å²) in [6.45, 7) is 1.64. The fourth-order valence-electron chi connectivity index (χ4n) is 1.75. The Hall–Kier alpha value is -1.03. The molecule has 2 aromatic rings. The number of fused-ring (bicyclic) bond motifs is 1. The van der Waals surface area contributed by atoms with E-state index in [9.17, 15) is 9.59 Å². The van der Waals surface area contributed by atoms with Crippen molar-refractivity contribution in [2.75, 3.05) is 0 Å². The predicted molar refractivity (Wildman–Crippen MR) is 79.2 cm³/mol. The first kappa shape index (κ1) is 13.4. The summed E-state index contributed by atoms with van der Waals surface area (Å²) in [4.78, 5) is 28.3. The van der Waals surface area contributed by atoms with Crippen molar-refractivity contribution < 1.29 is 4.18 Å². The zero-order valence-electron chi connectivity index (χ0n) is 9.93. The molecule has 0 unspecified atom stereocenters. The maximum atomic E-state index is 12.2. The van der Waals surface area contributed by atoms with Crippen LogP contribution in [0.1, 0.15) is 5.56 Å². The van der Waals surface area contributed by atoms with E-state index in [2.05, 4.69) is 4.98 Å². The summed E-state index contributed by atoms with van der Waals surface area (Å²) in [5.41, 5.74) is 0.274. The second kappa shape index (κ2) is 4.92. The highest BCUT2D eigenvalue weighted by Crippen LogP contribution is 2.28. The van der Waals surface area contributed by atoms with Gasteiger partial charge in [-0.2, -0.15) is 0 Å². The van der Waals surface area contributed by atoms with Gasteiger partial charge in [0.25, 0.3) is 11.1 Å². The van der Waals surface area contributed by atoms with Gasteiger partial charge in [-0.3, -0.25) is 14.2 Å². The molecule has 0 bridgehead atoms.